The molecule has 0 N–H and O–H groups in total. The van der Waals surface area contributed by atoms with Crippen molar-refractivity contribution in [2.75, 3.05) is 6.66 Å². The Kier molecular flexibility index (Phi) is 3.48. The van der Waals surface area contributed by atoms with Crippen molar-refractivity contribution < 1.29 is 0 Å². The Morgan fingerprint density at radius 2 is 1.88 bits per heavy atom. The second-order valence-electron chi connectivity index (χ2n) is 6.19. The van der Waals surface area contributed by atoms with Gasteiger partial charge in [0.2, 0.25) is 0 Å². The second-order valence-corrected chi connectivity index (χ2v) is 9.08. The van der Waals surface area contributed by atoms with Gasteiger partial charge in [0, 0.05) is 5.16 Å². The maximum absolute atomic E-state index is 4.34. The molecule has 0 aliphatic carbocycles. The highest BCUT2D eigenvalue weighted by molar-refractivity contribution is 7.62. The minimum absolute atomic E-state index is 0.0306. The van der Waals surface area contributed by atoms with Crippen molar-refractivity contribution >= 4 is 7.92 Å². The predicted molar refractivity (Wildman–Crippen MR) is 77.6 cm³/mol. The molecular weight excluding hydrogens is 211 g/mol. The summed E-state index contributed by atoms with van der Waals surface area (Å²) in [6.45, 7) is 25.0. The summed E-state index contributed by atoms with van der Waals surface area (Å²) < 4.78 is 0. The van der Waals surface area contributed by atoms with Gasteiger partial charge in [0.1, 0.15) is 0 Å². The standard InChI is InChI=1S/C15H27P/c1-10(2)11(3)14(6,7)15(8)12(4)13(5)16(15)9/h10,13H,3-4H2,1-2,5-9H3. The van der Waals surface area contributed by atoms with Crippen molar-refractivity contribution in [2.24, 2.45) is 11.3 Å². The molecule has 1 aliphatic heterocycles. The minimum Gasteiger partial charge on any atom is -0.0990 e. The largest absolute Gasteiger partial charge is 0.0990 e. The highest BCUT2D eigenvalue weighted by Crippen LogP contribution is 2.74. The number of hydrogen-bond acceptors (Lipinski definition) is 0. The molecule has 0 bridgehead atoms. The van der Waals surface area contributed by atoms with E-state index in [9.17, 15) is 0 Å². The van der Waals surface area contributed by atoms with E-state index in [1.54, 1.807) is 0 Å². The van der Waals surface area contributed by atoms with Gasteiger partial charge in [0.15, 0.2) is 0 Å². The molecule has 16 heavy (non-hydrogen) atoms. The molecule has 3 atom stereocenters. The van der Waals surface area contributed by atoms with Crippen molar-refractivity contribution in [2.45, 2.75) is 52.4 Å². The van der Waals surface area contributed by atoms with Crippen molar-refractivity contribution in [1.29, 1.82) is 0 Å². The third kappa shape index (κ3) is 1.53. The third-order valence-electron chi connectivity index (χ3n) is 5.13. The molecule has 0 aromatic rings. The van der Waals surface area contributed by atoms with Gasteiger partial charge >= 0.3 is 0 Å². The lowest BCUT2D eigenvalue weighted by molar-refractivity contribution is 0.311. The first-order chi connectivity index (χ1) is 7.08. The summed E-state index contributed by atoms with van der Waals surface area (Å²) in [4.78, 5) is 0. The Balaban J connectivity index is 3.09. The zero-order chi connectivity index (χ0) is 12.9. The fourth-order valence-corrected chi connectivity index (χ4v) is 6.03. The molecule has 0 nitrogen and oxygen atoms in total. The van der Waals surface area contributed by atoms with Crippen molar-refractivity contribution in [3.8, 4) is 0 Å². The molecule has 3 unspecified atom stereocenters. The molecule has 0 amide bonds. The van der Waals surface area contributed by atoms with Crippen molar-refractivity contribution in [3.05, 3.63) is 24.3 Å². The Bertz CT molecular complexity index is 324. The highest BCUT2D eigenvalue weighted by atomic mass is 31.1. The lowest BCUT2D eigenvalue weighted by Gasteiger charge is -2.62. The van der Waals surface area contributed by atoms with Gasteiger partial charge < -0.3 is 0 Å². The molecule has 0 aromatic heterocycles. The van der Waals surface area contributed by atoms with E-state index in [1.165, 1.54) is 11.1 Å². The Morgan fingerprint density at radius 3 is 2.19 bits per heavy atom. The van der Waals surface area contributed by atoms with E-state index >= 15 is 0 Å². The van der Waals surface area contributed by atoms with Gasteiger partial charge in [-0.1, -0.05) is 73.8 Å². The smallest absolute Gasteiger partial charge is 0.0179 e. The summed E-state index contributed by atoms with van der Waals surface area (Å²) in [7, 11) is 0.0306. The molecule has 1 heterocycles. The van der Waals surface area contributed by atoms with Gasteiger partial charge in [-0.15, -0.1) is 0 Å². The molecule has 1 saturated heterocycles. The van der Waals surface area contributed by atoms with Crippen LogP contribution in [0.1, 0.15) is 41.5 Å². The normalized spacial score (nSPS) is 35.1. The number of allylic oxidation sites excluding steroid dienone is 2. The van der Waals surface area contributed by atoms with Crippen LogP contribution in [0.5, 0.6) is 0 Å². The second kappa shape index (κ2) is 3.98. The van der Waals surface area contributed by atoms with Crippen LogP contribution < -0.4 is 0 Å². The fraction of sp³-hybridized carbons (Fsp3) is 0.733. The molecule has 0 aromatic carbocycles. The lowest BCUT2D eigenvalue weighted by Crippen LogP contribution is -2.54. The van der Waals surface area contributed by atoms with E-state index in [1.807, 2.05) is 0 Å². The van der Waals surface area contributed by atoms with E-state index in [2.05, 4.69) is 61.4 Å². The topological polar surface area (TPSA) is 0 Å². The first-order valence-electron chi connectivity index (χ1n) is 6.20. The van der Waals surface area contributed by atoms with Crippen LogP contribution >= 0.6 is 7.92 Å². The quantitative estimate of drug-likeness (QED) is 0.476. The van der Waals surface area contributed by atoms with Gasteiger partial charge in [-0.2, -0.15) is 0 Å². The first-order valence-corrected chi connectivity index (χ1v) is 8.05. The van der Waals surface area contributed by atoms with E-state index < -0.39 is 0 Å². The van der Waals surface area contributed by atoms with Crippen LogP contribution in [-0.2, 0) is 0 Å². The number of hydrogen-bond donors (Lipinski definition) is 0. The number of rotatable bonds is 3. The van der Waals surface area contributed by atoms with Crippen LogP contribution in [-0.4, -0.2) is 17.5 Å². The van der Waals surface area contributed by atoms with Crippen LogP contribution in [0.15, 0.2) is 24.3 Å². The van der Waals surface area contributed by atoms with Gasteiger partial charge in [0.25, 0.3) is 0 Å². The minimum atomic E-state index is 0.0306. The maximum atomic E-state index is 4.34. The van der Waals surface area contributed by atoms with E-state index in [4.69, 9.17) is 0 Å². The molecule has 0 radical (unpaired) electrons. The fourth-order valence-electron chi connectivity index (χ4n) is 3.06. The zero-order valence-corrected chi connectivity index (χ0v) is 12.9. The van der Waals surface area contributed by atoms with E-state index in [0.717, 1.165) is 5.66 Å². The average Bonchev–Trinajstić information content (AvgIpc) is 2.23. The third-order valence-corrected chi connectivity index (χ3v) is 8.86. The summed E-state index contributed by atoms with van der Waals surface area (Å²) in [5.41, 5.74) is 3.70. The maximum Gasteiger partial charge on any atom is 0.0179 e. The molecule has 0 saturated carbocycles. The Labute approximate surface area is 103 Å². The Hall–Kier alpha value is -0.0900. The van der Waals surface area contributed by atoms with Gasteiger partial charge in [0.05, 0.1) is 0 Å². The molecular formula is C15H27P. The molecule has 1 rings (SSSR count). The summed E-state index contributed by atoms with van der Waals surface area (Å²) in [5, 5.41) is 0.281. The summed E-state index contributed by atoms with van der Waals surface area (Å²) in [6, 6.07) is 0. The molecule has 92 valence electrons. The predicted octanol–water partition coefficient (Wildman–Crippen LogP) is 5.05. The zero-order valence-electron chi connectivity index (χ0n) is 12.0. The summed E-state index contributed by atoms with van der Waals surface area (Å²) in [5.74, 6) is 0.555. The average molecular weight is 238 g/mol. The van der Waals surface area contributed by atoms with Gasteiger partial charge in [-0.25, -0.2) is 0 Å². The van der Waals surface area contributed by atoms with Crippen molar-refractivity contribution in [1.82, 2.24) is 0 Å². The van der Waals surface area contributed by atoms with E-state index in [0.29, 0.717) is 5.92 Å². The summed E-state index contributed by atoms with van der Waals surface area (Å²) in [6.07, 6.45) is 0. The van der Waals surface area contributed by atoms with Crippen molar-refractivity contribution in [3.63, 3.8) is 0 Å². The molecule has 1 heteroatoms. The monoisotopic (exact) mass is 238 g/mol. The summed E-state index contributed by atoms with van der Waals surface area (Å²) >= 11 is 0. The molecule has 0 spiro atoms. The molecule has 1 fully saturated rings. The highest BCUT2D eigenvalue weighted by Gasteiger charge is 2.58. The van der Waals surface area contributed by atoms with Crippen LogP contribution in [0.2, 0.25) is 0 Å². The Morgan fingerprint density at radius 1 is 1.44 bits per heavy atom. The van der Waals surface area contributed by atoms with Crippen LogP contribution in [0, 0.1) is 11.3 Å². The first kappa shape index (κ1) is 14.0. The van der Waals surface area contributed by atoms with Crippen LogP contribution in [0.3, 0.4) is 0 Å². The van der Waals surface area contributed by atoms with E-state index in [-0.39, 0.29) is 18.5 Å². The van der Waals surface area contributed by atoms with Crippen LogP contribution in [0.4, 0.5) is 0 Å². The van der Waals surface area contributed by atoms with Gasteiger partial charge in [-0.05, 0) is 23.7 Å². The molecule has 1 aliphatic rings. The van der Waals surface area contributed by atoms with Crippen LogP contribution in [0.25, 0.3) is 0 Å². The SMILES string of the molecule is C=C(C(C)C)C(C)(C)C1(C)C(=C)C(C)P1C. The van der Waals surface area contributed by atoms with Gasteiger partial charge in [-0.3, -0.25) is 0 Å². The lowest BCUT2D eigenvalue weighted by atomic mass is 9.66.